The average Bonchev–Trinajstić information content (AvgIpc) is 2.33. The predicted octanol–water partition coefficient (Wildman–Crippen LogP) is 2.10. The van der Waals surface area contributed by atoms with Crippen molar-refractivity contribution >= 4 is 65.0 Å². The lowest BCUT2D eigenvalue weighted by Gasteiger charge is -2.41. The van der Waals surface area contributed by atoms with Crippen LogP contribution >= 0.6 is 0 Å². The summed E-state index contributed by atoms with van der Waals surface area (Å²) < 4.78 is 0. The largest absolute Gasteiger partial charge is 0.390 e. The highest BCUT2D eigenvalue weighted by Crippen LogP contribution is 2.26. The molecule has 0 aromatic carbocycles. The number of allylic oxidation sites excluding steroid dienone is 2. The third kappa shape index (κ3) is 22.6. The average molecular weight is 1260 g/mol. The molecule has 1 fully saturated rings. The van der Waals surface area contributed by atoms with Gasteiger partial charge in [-0.2, -0.15) is 0 Å². The van der Waals surface area contributed by atoms with Gasteiger partial charge in [-0.15, -0.1) is 0 Å². The van der Waals surface area contributed by atoms with Crippen molar-refractivity contribution in [1.82, 2.24) is 55.6 Å². The molecule has 0 saturated carbocycles. The number of aliphatic hydroxyl groups is 2. The molecular formula is C64H116N12O13. The molecular weight excluding hydrogens is 1140 g/mol. The van der Waals surface area contributed by atoms with Gasteiger partial charge in [-0.25, -0.2) is 0 Å². The number of rotatable bonds is 17. The molecule has 1 aliphatic rings. The van der Waals surface area contributed by atoms with Gasteiger partial charge in [0.15, 0.2) is 0 Å². The van der Waals surface area contributed by atoms with Crippen molar-refractivity contribution in [3.63, 3.8) is 0 Å². The molecule has 13 atom stereocenters. The molecule has 1 saturated heterocycles. The summed E-state index contributed by atoms with van der Waals surface area (Å²) in [4.78, 5) is 170. The van der Waals surface area contributed by atoms with Crippen molar-refractivity contribution < 1.29 is 63.0 Å². The van der Waals surface area contributed by atoms with E-state index >= 15 is 14.4 Å². The van der Waals surface area contributed by atoms with Crippen molar-refractivity contribution in [1.29, 1.82) is 0 Å². The molecule has 1 rings (SSSR count). The smallest absolute Gasteiger partial charge is 0.246 e. The second-order valence-corrected chi connectivity index (χ2v) is 27.3. The van der Waals surface area contributed by atoms with Crippen LogP contribution in [0.5, 0.6) is 0 Å². The minimum absolute atomic E-state index is 0.0459. The van der Waals surface area contributed by atoms with E-state index in [1.54, 1.807) is 60.6 Å². The van der Waals surface area contributed by atoms with Gasteiger partial charge in [-0.05, 0) is 115 Å². The maximum Gasteiger partial charge on any atom is 0.246 e. The Morgan fingerprint density at radius 3 is 1.36 bits per heavy atom. The molecule has 25 nitrogen and oxygen atoms in total. The highest BCUT2D eigenvalue weighted by molar-refractivity contribution is 6.00. The molecule has 89 heavy (non-hydrogen) atoms. The molecule has 510 valence electrons. The van der Waals surface area contributed by atoms with Crippen LogP contribution in [0.2, 0.25) is 0 Å². The monoisotopic (exact) mass is 1260 g/mol. The molecule has 11 amide bonds. The number of carbonyl (C=O) groups excluding carboxylic acids is 11. The SMILES string of the molecule is C/C=C/C[C@@H](C)[C@@H](O)[C@H]1C(=O)N[C@@H](CC)C(=O)N(C)[C@@H](CCN)C(=O)N(C)[C@@H](CC(C)(C)O)C(=O)N[C@@H](C(C)C)C(=O)N(C)[C@@H](CC(C)C)C(=O)N[C@@H](C)C(=O)N[C@H](C)C(=O)N(C)[C@@H](CC(C)C)C(=O)N(C)[C@@H](CC(C)C)C(=O)N(C)[C@@H](C(C)C)C(=O)N1C. The number of aliphatic hydroxyl groups excluding tert-OH is 1. The molecule has 0 radical (unpaired) electrons. The molecule has 0 aliphatic carbocycles. The summed E-state index contributed by atoms with van der Waals surface area (Å²) in [5.74, 6) is -10.5. The van der Waals surface area contributed by atoms with Gasteiger partial charge in [0, 0.05) is 55.8 Å². The Balaban J connectivity index is 4.48. The second kappa shape index (κ2) is 36.0. The maximum atomic E-state index is 15.2. The third-order valence-corrected chi connectivity index (χ3v) is 16.8. The van der Waals surface area contributed by atoms with Crippen molar-refractivity contribution in [2.75, 3.05) is 55.9 Å². The van der Waals surface area contributed by atoms with E-state index in [-0.39, 0.29) is 69.2 Å². The van der Waals surface area contributed by atoms with Crippen LogP contribution in [0.15, 0.2) is 12.2 Å². The number of nitrogens with one attached hydrogen (secondary N) is 4. The van der Waals surface area contributed by atoms with Crippen molar-refractivity contribution in [3.8, 4) is 0 Å². The highest BCUT2D eigenvalue weighted by atomic mass is 16.3. The Bertz CT molecular complexity index is 2450. The molecule has 1 aliphatic heterocycles. The van der Waals surface area contributed by atoms with Gasteiger partial charge in [0.05, 0.1) is 11.7 Å². The number of likely N-dealkylation sites (N-methyl/N-ethyl adjacent to an activating group) is 7. The molecule has 0 aromatic rings. The Labute approximate surface area is 531 Å². The summed E-state index contributed by atoms with van der Waals surface area (Å²) >= 11 is 0. The minimum Gasteiger partial charge on any atom is -0.390 e. The first kappa shape index (κ1) is 80.8. The van der Waals surface area contributed by atoms with Gasteiger partial charge in [-0.1, -0.05) is 95.2 Å². The Morgan fingerprint density at radius 2 is 0.910 bits per heavy atom. The fourth-order valence-electron chi connectivity index (χ4n) is 11.3. The number of nitrogens with two attached hydrogens (primary N) is 1. The van der Waals surface area contributed by atoms with E-state index in [1.807, 2.05) is 41.5 Å². The Hall–Kier alpha value is -6.21. The zero-order chi connectivity index (χ0) is 69.2. The van der Waals surface area contributed by atoms with Gasteiger partial charge in [-0.3, -0.25) is 52.7 Å². The second-order valence-electron chi connectivity index (χ2n) is 27.3. The van der Waals surface area contributed by atoms with Crippen LogP contribution in [0.1, 0.15) is 163 Å². The van der Waals surface area contributed by atoms with Crippen LogP contribution in [-0.4, -0.2) is 244 Å². The van der Waals surface area contributed by atoms with E-state index in [0.29, 0.717) is 0 Å². The third-order valence-electron chi connectivity index (χ3n) is 16.8. The van der Waals surface area contributed by atoms with Gasteiger partial charge in [0.1, 0.15) is 66.5 Å². The van der Waals surface area contributed by atoms with E-state index in [4.69, 9.17) is 5.73 Å². The fraction of sp³-hybridized carbons (Fsp3) is 0.797. The fourth-order valence-corrected chi connectivity index (χ4v) is 11.3. The van der Waals surface area contributed by atoms with Gasteiger partial charge >= 0.3 is 0 Å². The van der Waals surface area contributed by atoms with E-state index in [1.165, 1.54) is 96.6 Å². The molecule has 8 N–H and O–H groups in total. The van der Waals surface area contributed by atoms with Crippen molar-refractivity contribution in [3.05, 3.63) is 12.2 Å². The summed E-state index contributed by atoms with van der Waals surface area (Å²) in [6.07, 6.45) is 2.14. The van der Waals surface area contributed by atoms with Crippen molar-refractivity contribution in [2.45, 2.75) is 241 Å². The lowest BCUT2D eigenvalue weighted by Crippen LogP contribution is -2.64. The topological polar surface area (TPSA) is 325 Å². The van der Waals surface area contributed by atoms with Gasteiger partial charge in [0.2, 0.25) is 65.0 Å². The molecule has 25 heteroatoms. The summed E-state index contributed by atoms with van der Waals surface area (Å²) in [6.45, 7) is 28.6. The first-order chi connectivity index (χ1) is 41.0. The maximum absolute atomic E-state index is 15.2. The standard InChI is InChI=1S/C64H116N12O13/c1-25-27-28-40(13)52(77)51-56(81)68-43(26-2)58(83)70(18)44(29-30-65)59(84)74(22)48(34-64(16,17)89)55(80)69-49(38(9)10)62(87)71(19)45(31-35(3)4)54(79)66-41(14)53(78)67-42(15)57(82)72(20)46(32-36(5)6)60(85)73(21)47(33-37(7)8)61(86)75(23)50(39(11)12)63(88)76(51)24/h25,27,35-52,77,89H,26,28-34,65H2,1-24H3,(H,66,79)(H,67,78)(H,68,81)(H,69,80)/b27-25+/t40-,41+,42-,43+,44+,45+,46+,47+,48+,49+,50+,51+,52-/m1/s1. The van der Waals surface area contributed by atoms with E-state index in [0.717, 1.165) is 14.7 Å². The molecule has 0 unspecified atom stereocenters. The summed E-state index contributed by atoms with van der Waals surface area (Å²) in [7, 11) is 9.68. The summed E-state index contributed by atoms with van der Waals surface area (Å²) in [5, 5.41) is 34.3. The number of hydrogen-bond acceptors (Lipinski definition) is 14. The van der Waals surface area contributed by atoms with Crippen LogP contribution < -0.4 is 27.0 Å². The Kier molecular flexibility index (Phi) is 32.7. The highest BCUT2D eigenvalue weighted by Gasteiger charge is 2.46. The quantitative estimate of drug-likeness (QED) is 0.103. The first-order valence-electron chi connectivity index (χ1n) is 31.8. The minimum atomic E-state index is -1.66. The number of hydrogen-bond donors (Lipinski definition) is 7. The summed E-state index contributed by atoms with van der Waals surface area (Å²) in [5.41, 5.74) is 4.51. The van der Waals surface area contributed by atoms with E-state index in [9.17, 15) is 48.6 Å². The number of carbonyl (C=O) groups is 11. The first-order valence-corrected chi connectivity index (χ1v) is 31.8. The van der Waals surface area contributed by atoms with Crippen molar-refractivity contribution in [2.24, 2.45) is 41.2 Å². The normalized spacial score (nSPS) is 27.2. The molecule has 0 aromatic heterocycles. The lowest BCUT2D eigenvalue weighted by atomic mass is 9.91. The predicted molar refractivity (Wildman–Crippen MR) is 342 cm³/mol. The number of amides is 11. The van der Waals surface area contributed by atoms with E-state index in [2.05, 4.69) is 21.3 Å². The lowest BCUT2D eigenvalue weighted by molar-refractivity contribution is -0.157. The molecule has 1 heterocycles. The van der Waals surface area contributed by atoms with Crippen LogP contribution in [0.3, 0.4) is 0 Å². The Morgan fingerprint density at radius 1 is 0.494 bits per heavy atom. The zero-order valence-electron chi connectivity index (χ0n) is 58.3. The molecule has 0 spiro atoms. The van der Waals surface area contributed by atoms with Crippen LogP contribution in [0.25, 0.3) is 0 Å². The van der Waals surface area contributed by atoms with E-state index < -0.39 is 161 Å². The van der Waals surface area contributed by atoms with Crippen LogP contribution in [0, 0.1) is 35.5 Å². The molecule has 0 bridgehead atoms. The van der Waals surface area contributed by atoms with Crippen LogP contribution in [-0.2, 0) is 52.7 Å². The number of nitrogens with zero attached hydrogens (tertiary/aromatic N) is 7. The van der Waals surface area contributed by atoms with Gasteiger partial charge < -0.3 is 71.5 Å². The van der Waals surface area contributed by atoms with Gasteiger partial charge in [0.25, 0.3) is 0 Å². The van der Waals surface area contributed by atoms with Crippen LogP contribution in [0.4, 0.5) is 0 Å². The summed E-state index contributed by atoms with van der Waals surface area (Å²) in [6, 6.07) is -14.5. The zero-order valence-corrected chi connectivity index (χ0v) is 58.3.